The summed E-state index contributed by atoms with van der Waals surface area (Å²) in [6.45, 7) is 7.98. The van der Waals surface area contributed by atoms with Crippen molar-refractivity contribution in [3.05, 3.63) is 59.7 Å². The Balaban J connectivity index is 1.50. The van der Waals surface area contributed by atoms with Gasteiger partial charge in [0.1, 0.15) is 36.8 Å². The highest BCUT2D eigenvalue weighted by Crippen LogP contribution is 2.30. The second kappa shape index (κ2) is 20.1. The molecule has 0 radical (unpaired) electrons. The van der Waals surface area contributed by atoms with E-state index in [-0.39, 0.29) is 13.2 Å². The Kier molecular flexibility index (Phi) is 16.2. The average molecular weight is 631 g/mol. The van der Waals surface area contributed by atoms with E-state index in [4.69, 9.17) is 28.4 Å². The van der Waals surface area contributed by atoms with E-state index in [2.05, 4.69) is 20.8 Å². The summed E-state index contributed by atoms with van der Waals surface area (Å²) in [6.07, 6.45) is 2.55. The first-order valence-corrected chi connectivity index (χ1v) is 16.1. The summed E-state index contributed by atoms with van der Waals surface area (Å²) in [7, 11) is 0. The molecule has 0 aliphatic carbocycles. The van der Waals surface area contributed by atoms with Crippen LogP contribution in [0.5, 0.6) is 17.2 Å². The van der Waals surface area contributed by atoms with Crippen molar-refractivity contribution in [1.82, 2.24) is 0 Å². The quantitative estimate of drug-likeness (QED) is 0.106. The van der Waals surface area contributed by atoms with Gasteiger partial charge in [-0.05, 0) is 67.2 Å². The summed E-state index contributed by atoms with van der Waals surface area (Å²) in [5.74, 6) is 1.41. The molecule has 3 N–H and O–H groups in total. The highest BCUT2D eigenvalue weighted by molar-refractivity contribution is 5.87. The third kappa shape index (κ3) is 12.3. The average Bonchev–Trinajstić information content (AvgIpc) is 3.05. The second-order valence-corrected chi connectivity index (χ2v) is 11.1. The number of carbonyl (C=O) groups is 1. The Bertz CT molecular complexity index is 1150. The van der Waals surface area contributed by atoms with Gasteiger partial charge < -0.3 is 43.7 Å². The number of benzene rings is 2. The fourth-order valence-electron chi connectivity index (χ4n) is 4.46. The normalized spacial score (nSPS) is 21.5. The zero-order chi connectivity index (χ0) is 32.4. The van der Waals surface area contributed by atoms with Crippen LogP contribution in [0.2, 0.25) is 0 Å². The fourth-order valence-corrected chi connectivity index (χ4v) is 4.46. The molecule has 1 aliphatic heterocycles. The van der Waals surface area contributed by atoms with Crippen molar-refractivity contribution < 1.29 is 48.5 Å². The van der Waals surface area contributed by atoms with E-state index in [1.54, 1.807) is 6.08 Å². The molecule has 1 fully saturated rings. The van der Waals surface area contributed by atoms with Crippen LogP contribution in [0.25, 0.3) is 6.08 Å². The molecular weight excluding hydrogens is 580 g/mol. The number of carbonyl (C=O) groups excluding carboxylic acids is 1. The largest absolute Gasteiger partial charge is 0.494 e. The third-order valence-corrected chi connectivity index (χ3v) is 7.31. The first-order valence-electron chi connectivity index (χ1n) is 16.1. The molecule has 5 atom stereocenters. The van der Waals surface area contributed by atoms with Crippen molar-refractivity contribution >= 4 is 12.0 Å². The molecule has 0 spiro atoms. The predicted molar refractivity (Wildman–Crippen MR) is 170 cm³/mol. The van der Waals surface area contributed by atoms with E-state index in [1.165, 1.54) is 6.08 Å². The Hall–Kier alpha value is -3.15. The lowest BCUT2D eigenvalue weighted by atomic mass is 9.99. The minimum atomic E-state index is -1.54. The molecule has 1 aliphatic rings. The van der Waals surface area contributed by atoms with Gasteiger partial charge in [0, 0.05) is 6.08 Å². The molecule has 10 heteroatoms. The number of aliphatic hydroxyl groups excluding tert-OH is 3. The monoisotopic (exact) mass is 630 g/mol. The number of ether oxygens (including phenoxy) is 6. The Labute approximate surface area is 266 Å². The van der Waals surface area contributed by atoms with Gasteiger partial charge in [-0.1, -0.05) is 58.2 Å². The highest BCUT2D eigenvalue weighted by atomic mass is 16.7. The van der Waals surface area contributed by atoms with Crippen molar-refractivity contribution in [2.75, 3.05) is 33.0 Å². The molecule has 5 unspecified atom stereocenters. The Morgan fingerprint density at radius 1 is 0.778 bits per heavy atom. The van der Waals surface area contributed by atoms with Crippen LogP contribution < -0.4 is 14.2 Å². The van der Waals surface area contributed by atoms with E-state index >= 15 is 0 Å². The minimum absolute atomic E-state index is 0.197. The molecule has 1 heterocycles. The van der Waals surface area contributed by atoms with Crippen molar-refractivity contribution in [2.45, 2.75) is 96.4 Å². The van der Waals surface area contributed by atoms with Crippen LogP contribution in [-0.2, 0) is 25.4 Å². The van der Waals surface area contributed by atoms with Crippen LogP contribution in [-0.4, -0.2) is 85.0 Å². The van der Waals surface area contributed by atoms with E-state index < -0.39 is 36.7 Å². The van der Waals surface area contributed by atoms with Crippen molar-refractivity contribution in [3.63, 3.8) is 0 Å². The molecule has 2 aromatic rings. The molecule has 0 amide bonds. The van der Waals surface area contributed by atoms with E-state index in [0.29, 0.717) is 37.7 Å². The minimum Gasteiger partial charge on any atom is -0.494 e. The van der Waals surface area contributed by atoms with E-state index in [0.717, 1.165) is 55.4 Å². The third-order valence-electron chi connectivity index (χ3n) is 7.31. The van der Waals surface area contributed by atoms with Gasteiger partial charge in [0.2, 0.25) is 0 Å². The number of esters is 1. The first-order chi connectivity index (χ1) is 21.9. The molecule has 0 bridgehead atoms. The summed E-state index contributed by atoms with van der Waals surface area (Å²) in [5, 5.41) is 31.2. The summed E-state index contributed by atoms with van der Waals surface area (Å²) in [4.78, 5) is 12.5. The topological polar surface area (TPSA) is 133 Å². The van der Waals surface area contributed by atoms with E-state index in [9.17, 15) is 20.1 Å². The molecule has 2 aromatic carbocycles. The lowest BCUT2D eigenvalue weighted by molar-refractivity contribution is -0.301. The van der Waals surface area contributed by atoms with Crippen molar-refractivity contribution in [2.24, 2.45) is 0 Å². The molecule has 0 aromatic heterocycles. The van der Waals surface area contributed by atoms with Gasteiger partial charge in [0.05, 0.1) is 26.4 Å². The van der Waals surface area contributed by atoms with Crippen LogP contribution >= 0.6 is 0 Å². The maximum absolute atomic E-state index is 12.5. The number of hydrogen-bond donors (Lipinski definition) is 3. The predicted octanol–water partition coefficient (Wildman–Crippen LogP) is 4.85. The van der Waals surface area contributed by atoms with Crippen molar-refractivity contribution in [3.8, 4) is 17.2 Å². The van der Waals surface area contributed by atoms with Crippen molar-refractivity contribution in [1.29, 1.82) is 0 Å². The summed E-state index contributed by atoms with van der Waals surface area (Å²) < 4.78 is 34.2. The smallest absolute Gasteiger partial charge is 0.330 e. The number of hydrogen-bond acceptors (Lipinski definition) is 10. The highest BCUT2D eigenvalue weighted by Gasteiger charge is 2.44. The van der Waals surface area contributed by atoms with E-state index in [1.807, 2.05) is 42.5 Å². The van der Waals surface area contributed by atoms with Gasteiger partial charge in [-0.2, -0.15) is 0 Å². The lowest BCUT2D eigenvalue weighted by Gasteiger charge is -2.39. The maximum Gasteiger partial charge on any atom is 0.330 e. The standard InChI is InChI=1S/C35H50O10/c1-4-7-19-40-27-14-10-25(11-15-27)18-22-43-35-34(39)33(38)32(37)30(45-35)24-44-31(36)17-13-26-12-16-28(41-20-8-5-2)29(23-26)42-21-9-6-3/h10-17,23,30,32-35,37-39H,4-9,18-22,24H2,1-3H3/b17-13+. The fraction of sp³-hybridized carbons (Fsp3) is 0.571. The number of rotatable bonds is 20. The van der Waals surface area contributed by atoms with Gasteiger partial charge in [0.15, 0.2) is 17.8 Å². The molecule has 250 valence electrons. The van der Waals surface area contributed by atoms with Gasteiger partial charge in [-0.25, -0.2) is 4.79 Å². The maximum atomic E-state index is 12.5. The molecule has 45 heavy (non-hydrogen) atoms. The van der Waals surface area contributed by atoms with Gasteiger partial charge >= 0.3 is 5.97 Å². The molecule has 3 rings (SSSR count). The van der Waals surface area contributed by atoms with Gasteiger partial charge in [-0.3, -0.25) is 0 Å². The van der Waals surface area contributed by atoms with Crippen LogP contribution in [0, 0.1) is 0 Å². The summed E-state index contributed by atoms with van der Waals surface area (Å²) >= 11 is 0. The summed E-state index contributed by atoms with van der Waals surface area (Å²) in [5.41, 5.74) is 1.72. The molecule has 10 nitrogen and oxygen atoms in total. The van der Waals surface area contributed by atoms with Gasteiger partial charge in [-0.15, -0.1) is 0 Å². The summed E-state index contributed by atoms with van der Waals surface area (Å²) in [6, 6.07) is 13.1. The second-order valence-electron chi connectivity index (χ2n) is 11.1. The number of aliphatic hydroxyl groups is 3. The van der Waals surface area contributed by atoms with Crippen LogP contribution in [0.1, 0.15) is 70.4 Å². The Morgan fingerprint density at radius 3 is 2.09 bits per heavy atom. The number of unbranched alkanes of at least 4 members (excludes halogenated alkanes) is 3. The van der Waals surface area contributed by atoms with Crippen LogP contribution in [0.4, 0.5) is 0 Å². The SMILES string of the molecule is CCCCOc1ccc(CCOC2OC(COC(=O)/C=C/c3ccc(OCCCC)c(OCCCC)c3)C(O)C(O)C2O)cc1. The van der Waals surface area contributed by atoms with Crippen LogP contribution in [0.3, 0.4) is 0 Å². The first kappa shape index (κ1) is 36.3. The van der Waals surface area contributed by atoms with Gasteiger partial charge in [0.25, 0.3) is 0 Å². The van der Waals surface area contributed by atoms with Crippen LogP contribution in [0.15, 0.2) is 48.5 Å². The Morgan fingerprint density at radius 2 is 1.42 bits per heavy atom. The lowest BCUT2D eigenvalue weighted by Crippen LogP contribution is -2.59. The molecule has 0 saturated carbocycles. The molecule has 1 saturated heterocycles. The molecular formula is C35H50O10. The zero-order valence-corrected chi connectivity index (χ0v) is 26.8. The zero-order valence-electron chi connectivity index (χ0n) is 26.8.